The van der Waals surface area contributed by atoms with E-state index in [-0.39, 0.29) is 18.3 Å². The minimum absolute atomic E-state index is 0.0467. The highest BCUT2D eigenvalue weighted by Crippen LogP contribution is 2.39. The number of primary amides is 1. The molecule has 1 aromatic heterocycles. The molecule has 42 heavy (non-hydrogen) atoms. The molecule has 224 valence electrons. The predicted octanol–water partition coefficient (Wildman–Crippen LogP) is 3.80. The van der Waals surface area contributed by atoms with Crippen LogP contribution < -0.4 is 21.3 Å². The molecule has 0 saturated heterocycles. The van der Waals surface area contributed by atoms with E-state index >= 15 is 0 Å². The van der Waals surface area contributed by atoms with Crippen molar-refractivity contribution in [3.05, 3.63) is 64.7 Å². The van der Waals surface area contributed by atoms with E-state index < -0.39 is 41.4 Å². The molecule has 2 aromatic carbocycles. The number of aryl methyl sites for hydroxylation is 1. The molecule has 0 saturated carbocycles. The molecule has 0 unspecified atom stereocenters. The quantitative estimate of drug-likeness (QED) is 0.301. The standard InChI is InChI=1S/C24H25F2N7O2.C2HF3O2/c1-13-11-14(21(27)34)7-8-15(13)19-16-12-29-24(35)33(20-17(25)5-4-6-18(20)26)22(16)31-23(30-19)28-9-10-32(2)3;3-2(4,5)1(6)7/h4-8,11H,9-10,12H2,1-3H3,(H2,27,34)(H,29,35)(H,28,30,31);(H,6,7). The van der Waals surface area contributed by atoms with Crippen molar-refractivity contribution in [3.63, 3.8) is 0 Å². The summed E-state index contributed by atoms with van der Waals surface area (Å²) in [5.41, 5.74) is 7.51. The van der Waals surface area contributed by atoms with Gasteiger partial charge in [0.1, 0.15) is 17.3 Å². The number of nitrogens with two attached hydrogens (primary N) is 1. The molecule has 0 atom stereocenters. The lowest BCUT2D eigenvalue weighted by molar-refractivity contribution is -0.192. The number of hydrogen-bond acceptors (Lipinski definition) is 7. The van der Waals surface area contributed by atoms with Crippen LogP contribution in [0.2, 0.25) is 0 Å². The van der Waals surface area contributed by atoms with E-state index in [9.17, 15) is 31.5 Å². The Morgan fingerprint density at radius 3 is 2.29 bits per heavy atom. The maximum atomic E-state index is 14.7. The third kappa shape index (κ3) is 7.25. The number of nitrogens with one attached hydrogen (secondary N) is 2. The first kappa shape index (κ1) is 31.7. The Bertz CT molecular complexity index is 1490. The van der Waals surface area contributed by atoms with Gasteiger partial charge in [-0.3, -0.25) is 4.79 Å². The highest BCUT2D eigenvalue weighted by atomic mass is 19.4. The zero-order valence-electron chi connectivity index (χ0n) is 22.5. The molecular formula is C26H26F5N7O4. The number of aromatic nitrogens is 2. The van der Waals surface area contributed by atoms with Crippen molar-refractivity contribution in [1.29, 1.82) is 0 Å². The summed E-state index contributed by atoms with van der Waals surface area (Å²) < 4.78 is 61.2. The number of nitrogens with zero attached hydrogens (tertiary/aromatic N) is 4. The van der Waals surface area contributed by atoms with Crippen LogP contribution in [0.3, 0.4) is 0 Å². The number of likely N-dealkylation sites (N-methyl/N-ethyl adjacent to an activating group) is 1. The molecule has 0 radical (unpaired) electrons. The molecule has 16 heteroatoms. The normalized spacial score (nSPS) is 12.7. The van der Waals surface area contributed by atoms with Gasteiger partial charge in [0, 0.05) is 29.8 Å². The second kappa shape index (κ2) is 12.8. The van der Waals surface area contributed by atoms with Gasteiger partial charge >= 0.3 is 18.2 Å². The van der Waals surface area contributed by atoms with Crippen molar-refractivity contribution in [3.8, 4) is 11.3 Å². The van der Waals surface area contributed by atoms with Crippen LogP contribution in [0.1, 0.15) is 21.5 Å². The summed E-state index contributed by atoms with van der Waals surface area (Å²) in [5, 5.41) is 12.9. The number of para-hydroxylation sites is 1. The van der Waals surface area contributed by atoms with Crippen molar-refractivity contribution in [1.82, 2.24) is 20.2 Å². The fourth-order valence-corrected chi connectivity index (χ4v) is 3.84. The molecule has 3 aromatic rings. The number of rotatable bonds is 7. The number of benzene rings is 2. The number of alkyl halides is 3. The third-order valence-electron chi connectivity index (χ3n) is 5.83. The molecule has 1 aliphatic heterocycles. The molecule has 1 aliphatic rings. The van der Waals surface area contributed by atoms with E-state index in [0.29, 0.717) is 41.0 Å². The smallest absolute Gasteiger partial charge is 0.475 e. The summed E-state index contributed by atoms with van der Waals surface area (Å²) >= 11 is 0. The van der Waals surface area contributed by atoms with E-state index in [1.165, 1.54) is 6.07 Å². The van der Waals surface area contributed by atoms with Gasteiger partial charge in [0.2, 0.25) is 11.9 Å². The third-order valence-corrected chi connectivity index (χ3v) is 5.83. The number of aliphatic carboxylic acids is 1. The van der Waals surface area contributed by atoms with E-state index in [1.807, 2.05) is 19.0 Å². The minimum Gasteiger partial charge on any atom is -0.475 e. The number of urea groups is 1. The first-order valence-electron chi connectivity index (χ1n) is 12.1. The van der Waals surface area contributed by atoms with E-state index in [2.05, 4.69) is 20.6 Å². The second-order valence-corrected chi connectivity index (χ2v) is 9.19. The number of amides is 3. The van der Waals surface area contributed by atoms with Crippen molar-refractivity contribution in [2.45, 2.75) is 19.6 Å². The van der Waals surface area contributed by atoms with Crippen LogP contribution in [0, 0.1) is 18.6 Å². The van der Waals surface area contributed by atoms with E-state index in [0.717, 1.165) is 17.0 Å². The van der Waals surface area contributed by atoms with Crippen LogP contribution in [-0.4, -0.2) is 71.2 Å². The second-order valence-electron chi connectivity index (χ2n) is 9.19. The van der Waals surface area contributed by atoms with Crippen molar-refractivity contribution in [2.75, 3.05) is 37.4 Å². The average molecular weight is 596 g/mol. The van der Waals surface area contributed by atoms with Gasteiger partial charge in [0.25, 0.3) is 0 Å². The number of carbonyl (C=O) groups excluding carboxylic acids is 2. The van der Waals surface area contributed by atoms with Gasteiger partial charge in [0.15, 0.2) is 5.82 Å². The van der Waals surface area contributed by atoms with E-state index in [1.54, 1.807) is 25.1 Å². The monoisotopic (exact) mass is 595 g/mol. The maximum Gasteiger partial charge on any atom is 0.490 e. The van der Waals surface area contributed by atoms with Crippen LogP contribution in [0.25, 0.3) is 11.3 Å². The Kier molecular flexibility index (Phi) is 9.62. The Balaban J connectivity index is 0.000000616. The Morgan fingerprint density at radius 2 is 1.76 bits per heavy atom. The number of carboxylic acids is 1. The van der Waals surface area contributed by atoms with Gasteiger partial charge in [-0.15, -0.1) is 0 Å². The fraction of sp³-hybridized carbons (Fsp3) is 0.269. The summed E-state index contributed by atoms with van der Waals surface area (Å²) in [5.74, 6) is -4.88. The van der Waals surface area contributed by atoms with Crippen LogP contribution >= 0.6 is 0 Å². The minimum atomic E-state index is -5.08. The van der Waals surface area contributed by atoms with Gasteiger partial charge in [-0.25, -0.2) is 28.3 Å². The van der Waals surface area contributed by atoms with Gasteiger partial charge < -0.3 is 26.4 Å². The average Bonchev–Trinajstić information content (AvgIpc) is 2.89. The largest absolute Gasteiger partial charge is 0.490 e. The van der Waals surface area contributed by atoms with Crippen LogP contribution in [0.15, 0.2) is 36.4 Å². The highest BCUT2D eigenvalue weighted by Gasteiger charge is 2.38. The fourth-order valence-electron chi connectivity index (χ4n) is 3.84. The number of hydrogen-bond donors (Lipinski definition) is 4. The first-order chi connectivity index (χ1) is 19.6. The number of carbonyl (C=O) groups is 3. The van der Waals surface area contributed by atoms with Gasteiger partial charge in [-0.2, -0.15) is 18.2 Å². The number of halogens is 5. The van der Waals surface area contributed by atoms with Crippen LogP contribution in [0.5, 0.6) is 0 Å². The molecule has 11 nitrogen and oxygen atoms in total. The lowest BCUT2D eigenvalue weighted by atomic mass is 9.98. The van der Waals surface area contributed by atoms with Gasteiger partial charge in [-0.1, -0.05) is 12.1 Å². The lowest BCUT2D eigenvalue weighted by Crippen LogP contribution is -2.43. The number of fused-ring (bicyclic) bond motifs is 1. The molecule has 0 bridgehead atoms. The SMILES string of the molecule is Cc1cc(C(N)=O)ccc1-c1nc(NCCN(C)C)nc2c1CNC(=O)N2c1c(F)cccc1F.O=C(O)C(F)(F)F. The maximum absolute atomic E-state index is 14.7. The molecular weight excluding hydrogens is 569 g/mol. The summed E-state index contributed by atoms with van der Waals surface area (Å²) in [6, 6.07) is 7.57. The highest BCUT2D eigenvalue weighted by molar-refractivity contribution is 6.02. The molecule has 2 heterocycles. The Hall–Kier alpha value is -4.86. The topological polar surface area (TPSA) is 154 Å². The van der Waals surface area contributed by atoms with Crippen LogP contribution in [0.4, 0.5) is 44.2 Å². The summed E-state index contributed by atoms with van der Waals surface area (Å²) in [6.07, 6.45) is -5.08. The van der Waals surface area contributed by atoms with Gasteiger partial charge in [0.05, 0.1) is 12.2 Å². The Morgan fingerprint density at radius 1 is 1.14 bits per heavy atom. The number of carboxylic acid groups (broad SMARTS) is 1. The van der Waals surface area contributed by atoms with Crippen molar-refractivity contribution >= 4 is 35.4 Å². The van der Waals surface area contributed by atoms with Crippen LogP contribution in [-0.2, 0) is 11.3 Å². The van der Waals surface area contributed by atoms with Crippen molar-refractivity contribution < 1.29 is 41.4 Å². The predicted molar refractivity (Wildman–Crippen MR) is 142 cm³/mol. The van der Waals surface area contributed by atoms with Gasteiger partial charge in [-0.05, 0) is 50.8 Å². The molecule has 4 rings (SSSR count). The Labute approximate surface area is 236 Å². The first-order valence-corrected chi connectivity index (χ1v) is 12.1. The summed E-state index contributed by atoms with van der Waals surface area (Å²) in [7, 11) is 3.83. The summed E-state index contributed by atoms with van der Waals surface area (Å²) in [6.45, 7) is 3.01. The molecule has 3 amide bonds. The zero-order chi connectivity index (χ0) is 31.4. The number of anilines is 3. The lowest BCUT2D eigenvalue weighted by Gasteiger charge is -2.31. The van der Waals surface area contributed by atoms with E-state index in [4.69, 9.17) is 15.6 Å². The molecule has 5 N–H and O–H groups in total. The molecule has 0 spiro atoms. The summed E-state index contributed by atoms with van der Waals surface area (Å²) in [4.78, 5) is 45.4. The zero-order valence-corrected chi connectivity index (χ0v) is 22.5. The molecule has 0 fully saturated rings. The molecule has 0 aliphatic carbocycles. The van der Waals surface area contributed by atoms with Crippen molar-refractivity contribution in [2.24, 2.45) is 5.73 Å².